The molecule has 0 spiro atoms. The SMILES string of the molecule is FC(F)(F)c1cnc(NCC2CC3CC3CN2)nc1. The summed E-state index contributed by atoms with van der Waals surface area (Å²) in [4.78, 5) is 7.38. The van der Waals surface area contributed by atoms with Crippen molar-refractivity contribution in [2.24, 2.45) is 11.8 Å². The lowest BCUT2D eigenvalue weighted by atomic mass is 10.1. The Balaban J connectivity index is 1.52. The van der Waals surface area contributed by atoms with Crippen LogP contribution in [0.2, 0.25) is 0 Å². The van der Waals surface area contributed by atoms with E-state index >= 15 is 0 Å². The molecule has 0 bridgehead atoms. The molecule has 2 heterocycles. The monoisotopic (exact) mass is 272 g/mol. The lowest BCUT2D eigenvalue weighted by molar-refractivity contribution is -0.138. The molecule has 2 fully saturated rings. The Hall–Kier alpha value is -1.37. The van der Waals surface area contributed by atoms with Crippen molar-refractivity contribution in [2.45, 2.75) is 25.1 Å². The highest BCUT2D eigenvalue weighted by Crippen LogP contribution is 2.43. The van der Waals surface area contributed by atoms with Crippen LogP contribution in [0.4, 0.5) is 19.1 Å². The number of rotatable bonds is 3. The zero-order valence-corrected chi connectivity index (χ0v) is 10.2. The summed E-state index contributed by atoms with van der Waals surface area (Å²) in [5.74, 6) is 1.92. The maximum atomic E-state index is 12.3. The minimum absolute atomic E-state index is 0.243. The first kappa shape index (κ1) is 12.7. The van der Waals surface area contributed by atoms with Crippen LogP contribution >= 0.6 is 0 Å². The summed E-state index contributed by atoms with van der Waals surface area (Å²) in [6.45, 7) is 1.69. The number of hydrogen-bond acceptors (Lipinski definition) is 4. The smallest absolute Gasteiger partial charge is 0.353 e. The number of anilines is 1. The second-order valence-corrected chi connectivity index (χ2v) is 5.27. The van der Waals surface area contributed by atoms with Gasteiger partial charge in [0.25, 0.3) is 0 Å². The molecular formula is C12H15F3N4. The number of nitrogens with zero attached hydrogens (tertiary/aromatic N) is 2. The number of hydrogen-bond donors (Lipinski definition) is 2. The van der Waals surface area contributed by atoms with Crippen LogP contribution in [0.25, 0.3) is 0 Å². The van der Waals surface area contributed by atoms with Crippen molar-refractivity contribution in [1.82, 2.24) is 15.3 Å². The predicted octanol–water partition coefficient (Wildman–Crippen LogP) is 1.91. The fourth-order valence-electron chi connectivity index (χ4n) is 2.55. The predicted molar refractivity (Wildman–Crippen MR) is 63.5 cm³/mol. The molecule has 3 rings (SSSR count). The average molecular weight is 272 g/mol. The van der Waals surface area contributed by atoms with Gasteiger partial charge in [-0.3, -0.25) is 0 Å². The van der Waals surface area contributed by atoms with Crippen molar-refractivity contribution in [1.29, 1.82) is 0 Å². The molecule has 1 aliphatic heterocycles. The lowest BCUT2D eigenvalue weighted by Crippen LogP contribution is -2.40. The van der Waals surface area contributed by atoms with E-state index in [2.05, 4.69) is 20.6 Å². The quantitative estimate of drug-likeness (QED) is 0.882. The first-order chi connectivity index (χ1) is 9.02. The van der Waals surface area contributed by atoms with Crippen molar-refractivity contribution in [3.63, 3.8) is 0 Å². The maximum Gasteiger partial charge on any atom is 0.419 e. The van der Waals surface area contributed by atoms with Gasteiger partial charge >= 0.3 is 6.18 Å². The Kier molecular flexibility index (Phi) is 3.08. The fraction of sp³-hybridized carbons (Fsp3) is 0.667. The van der Waals surface area contributed by atoms with Crippen molar-refractivity contribution in [2.75, 3.05) is 18.4 Å². The summed E-state index contributed by atoms with van der Waals surface area (Å²) >= 11 is 0. The summed E-state index contributed by atoms with van der Waals surface area (Å²) in [5, 5.41) is 6.40. The highest BCUT2D eigenvalue weighted by atomic mass is 19.4. The molecule has 1 saturated heterocycles. The van der Waals surface area contributed by atoms with Gasteiger partial charge in [-0.1, -0.05) is 0 Å². The zero-order valence-electron chi connectivity index (χ0n) is 10.2. The number of aromatic nitrogens is 2. The van der Waals surface area contributed by atoms with Gasteiger partial charge in [-0.25, -0.2) is 9.97 Å². The van der Waals surface area contributed by atoms with E-state index in [1.807, 2.05) is 0 Å². The van der Waals surface area contributed by atoms with Gasteiger partial charge in [0.1, 0.15) is 0 Å². The van der Waals surface area contributed by atoms with Crippen molar-refractivity contribution >= 4 is 5.95 Å². The van der Waals surface area contributed by atoms with Crippen LogP contribution in [0, 0.1) is 11.8 Å². The Morgan fingerprint density at radius 2 is 1.95 bits per heavy atom. The summed E-state index contributed by atoms with van der Waals surface area (Å²) in [5.41, 5.74) is -0.824. The number of fused-ring (bicyclic) bond motifs is 1. The third-order valence-corrected chi connectivity index (χ3v) is 3.81. The van der Waals surface area contributed by atoms with Crippen LogP contribution in [-0.2, 0) is 6.18 Å². The molecular weight excluding hydrogens is 257 g/mol. The van der Waals surface area contributed by atoms with Crippen LogP contribution in [0.5, 0.6) is 0 Å². The van der Waals surface area contributed by atoms with Gasteiger partial charge < -0.3 is 10.6 Å². The standard InChI is InChI=1S/C12H15F3N4/c13-12(14,15)9-4-17-11(18-5-9)19-6-10-2-7-1-8(7)3-16-10/h4-5,7-8,10,16H,1-3,6H2,(H,17,18,19). The zero-order chi connectivity index (χ0) is 13.5. The molecule has 1 aliphatic carbocycles. The molecule has 1 aromatic heterocycles. The molecule has 19 heavy (non-hydrogen) atoms. The molecule has 0 radical (unpaired) electrons. The molecule has 2 aliphatic rings. The second kappa shape index (κ2) is 4.63. The highest BCUT2D eigenvalue weighted by Gasteiger charge is 2.41. The van der Waals surface area contributed by atoms with Crippen LogP contribution < -0.4 is 10.6 Å². The van der Waals surface area contributed by atoms with E-state index in [-0.39, 0.29) is 5.95 Å². The summed E-state index contributed by atoms with van der Waals surface area (Å²) in [6, 6.07) is 0.356. The van der Waals surface area contributed by atoms with E-state index in [0.29, 0.717) is 12.6 Å². The Morgan fingerprint density at radius 3 is 2.58 bits per heavy atom. The first-order valence-corrected chi connectivity index (χ1v) is 6.39. The lowest BCUT2D eigenvalue weighted by Gasteiger charge is -2.23. The number of halogens is 3. The Labute approximate surface area is 108 Å². The second-order valence-electron chi connectivity index (χ2n) is 5.27. The summed E-state index contributed by atoms with van der Waals surface area (Å²) in [7, 11) is 0. The van der Waals surface area contributed by atoms with Gasteiger partial charge in [0.2, 0.25) is 5.95 Å². The van der Waals surface area contributed by atoms with Crippen LogP contribution in [-0.4, -0.2) is 29.1 Å². The van der Waals surface area contributed by atoms with Crippen molar-refractivity contribution in [3.05, 3.63) is 18.0 Å². The van der Waals surface area contributed by atoms with Gasteiger partial charge in [0.15, 0.2) is 0 Å². The number of piperidine rings is 1. The Morgan fingerprint density at radius 1 is 1.21 bits per heavy atom. The number of nitrogens with one attached hydrogen (secondary N) is 2. The first-order valence-electron chi connectivity index (χ1n) is 6.39. The molecule has 3 unspecified atom stereocenters. The third kappa shape index (κ3) is 2.97. The van der Waals surface area contributed by atoms with E-state index in [4.69, 9.17) is 0 Å². The van der Waals surface area contributed by atoms with Crippen molar-refractivity contribution < 1.29 is 13.2 Å². The average Bonchev–Trinajstić information content (AvgIpc) is 3.14. The van der Waals surface area contributed by atoms with E-state index in [1.54, 1.807) is 0 Å². The molecule has 7 heteroatoms. The molecule has 4 nitrogen and oxygen atoms in total. The molecule has 0 amide bonds. The van der Waals surface area contributed by atoms with Crippen LogP contribution in [0.3, 0.4) is 0 Å². The van der Waals surface area contributed by atoms with Gasteiger partial charge in [-0.2, -0.15) is 13.2 Å². The summed E-state index contributed by atoms with van der Waals surface area (Å²) in [6.07, 6.45) is -0.343. The molecule has 104 valence electrons. The molecule has 3 atom stereocenters. The molecule has 1 saturated carbocycles. The molecule has 0 aromatic carbocycles. The summed E-state index contributed by atoms with van der Waals surface area (Å²) < 4.78 is 37.0. The van der Waals surface area contributed by atoms with Gasteiger partial charge in [-0.15, -0.1) is 0 Å². The third-order valence-electron chi connectivity index (χ3n) is 3.81. The fourth-order valence-corrected chi connectivity index (χ4v) is 2.55. The normalized spacial score (nSPS) is 29.7. The Bertz CT molecular complexity index is 445. The minimum atomic E-state index is -4.38. The number of alkyl halides is 3. The largest absolute Gasteiger partial charge is 0.419 e. The van der Waals surface area contributed by atoms with E-state index in [9.17, 15) is 13.2 Å². The molecule has 2 N–H and O–H groups in total. The van der Waals surface area contributed by atoms with Crippen LogP contribution in [0.1, 0.15) is 18.4 Å². The molecule has 1 aromatic rings. The van der Waals surface area contributed by atoms with Crippen LogP contribution in [0.15, 0.2) is 12.4 Å². The van der Waals surface area contributed by atoms with E-state index in [1.165, 1.54) is 6.42 Å². The maximum absolute atomic E-state index is 12.3. The van der Waals surface area contributed by atoms with Gasteiger partial charge in [0.05, 0.1) is 5.56 Å². The van der Waals surface area contributed by atoms with E-state index in [0.717, 1.165) is 37.2 Å². The van der Waals surface area contributed by atoms with Gasteiger partial charge in [0, 0.05) is 25.0 Å². The highest BCUT2D eigenvalue weighted by molar-refractivity contribution is 5.26. The minimum Gasteiger partial charge on any atom is -0.353 e. The van der Waals surface area contributed by atoms with E-state index < -0.39 is 11.7 Å². The van der Waals surface area contributed by atoms with Gasteiger partial charge in [-0.05, 0) is 31.2 Å². The van der Waals surface area contributed by atoms with Crippen molar-refractivity contribution in [3.8, 4) is 0 Å². The topological polar surface area (TPSA) is 49.8 Å².